The minimum Gasteiger partial charge on any atom is -0.477 e. The second-order valence-electron chi connectivity index (χ2n) is 4.46. The van der Waals surface area contributed by atoms with Crippen molar-refractivity contribution in [1.29, 1.82) is 0 Å². The Bertz CT molecular complexity index is 573. The number of aromatic amines is 1. The largest absolute Gasteiger partial charge is 0.477 e. The van der Waals surface area contributed by atoms with E-state index in [1.54, 1.807) is 0 Å². The molecule has 0 radical (unpaired) electrons. The van der Waals surface area contributed by atoms with Crippen LogP contribution in [0.25, 0.3) is 11.3 Å². The maximum Gasteiger partial charge on any atom is 0.341 e. The van der Waals surface area contributed by atoms with E-state index in [1.807, 2.05) is 24.3 Å². The summed E-state index contributed by atoms with van der Waals surface area (Å²) in [5, 5.41) is 15.6. The van der Waals surface area contributed by atoms with E-state index in [9.17, 15) is 4.79 Å². The quantitative estimate of drug-likeness (QED) is 0.769. The van der Waals surface area contributed by atoms with Crippen LogP contribution in [0, 0.1) is 0 Å². The molecular formula is C14H17N3O2. The van der Waals surface area contributed by atoms with Crippen molar-refractivity contribution in [2.45, 2.75) is 26.2 Å². The number of aromatic carboxylic acids is 1. The lowest BCUT2D eigenvalue weighted by molar-refractivity contribution is 0.0699. The number of nitrogens with zero attached hydrogens (tertiary/aromatic N) is 1. The van der Waals surface area contributed by atoms with E-state index in [-0.39, 0.29) is 11.4 Å². The first-order valence-corrected chi connectivity index (χ1v) is 6.30. The molecule has 0 bridgehead atoms. The van der Waals surface area contributed by atoms with E-state index >= 15 is 0 Å². The Balaban J connectivity index is 2.30. The first kappa shape index (κ1) is 13.1. The number of unbranched alkanes of at least 4 members (excludes halogenated alkanes) is 1. The van der Waals surface area contributed by atoms with Crippen molar-refractivity contribution < 1.29 is 9.90 Å². The third-order valence-corrected chi connectivity index (χ3v) is 3.07. The van der Waals surface area contributed by atoms with Gasteiger partial charge in [-0.1, -0.05) is 37.6 Å². The molecule has 0 saturated heterocycles. The van der Waals surface area contributed by atoms with Gasteiger partial charge in [0.1, 0.15) is 5.56 Å². The lowest BCUT2D eigenvalue weighted by atomic mass is 10.0. The molecule has 0 atom stereocenters. The normalized spacial score (nSPS) is 10.6. The Hall–Kier alpha value is -2.30. The van der Waals surface area contributed by atoms with Crippen LogP contribution in [0.3, 0.4) is 0 Å². The minimum absolute atomic E-state index is 0.0116. The van der Waals surface area contributed by atoms with Gasteiger partial charge in [-0.05, 0) is 18.4 Å². The van der Waals surface area contributed by atoms with Crippen molar-refractivity contribution in [3.8, 4) is 11.3 Å². The highest BCUT2D eigenvalue weighted by atomic mass is 16.4. The minimum atomic E-state index is -1.07. The average Bonchev–Trinajstić information content (AvgIpc) is 2.79. The van der Waals surface area contributed by atoms with Gasteiger partial charge in [0.25, 0.3) is 0 Å². The number of aryl methyl sites for hydroxylation is 1. The van der Waals surface area contributed by atoms with Gasteiger partial charge in [-0.2, -0.15) is 5.10 Å². The monoisotopic (exact) mass is 259 g/mol. The molecule has 2 aromatic rings. The molecule has 1 heterocycles. The predicted octanol–water partition coefficient (Wildman–Crippen LogP) is 2.70. The Morgan fingerprint density at radius 1 is 1.37 bits per heavy atom. The van der Waals surface area contributed by atoms with E-state index in [1.165, 1.54) is 5.56 Å². The van der Waals surface area contributed by atoms with E-state index in [4.69, 9.17) is 10.8 Å². The van der Waals surface area contributed by atoms with E-state index < -0.39 is 5.97 Å². The van der Waals surface area contributed by atoms with Crippen LogP contribution in [0.15, 0.2) is 24.3 Å². The van der Waals surface area contributed by atoms with E-state index in [0.717, 1.165) is 24.8 Å². The zero-order valence-electron chi connectivity index (χ0n) is 10.8. The third kappa shape index (κ3) is 2.76. The highest BCUT2D eigenvalue weighted by Gasteiger charge is 2.18. The van der Waals surface area contributed by atoms with Gasteiger partial charge in [0.15, 0.2) is 5.82 Å². The Morgan fingerprint density at radius 3 is 2.63 bits per heavy atom. The van der Waals surface area contributed by atoms with Crippen molar-refractivity contribution in [2.24, 2.45) is 0 Å². The molecule has 0 aliphatic carbocycles. The number of hydrogen-bond acceptors (Lipinski definition) is 3. The highest BCUT2D eigenvalue weighted by Crippen LogP contribution is 2.25. The molecule has 4 N–H and O–H groups in total. The van der Waals surface area contributed by atoms with Crippen molar-refractivity contribution in [3.63, 3.8) is 0 Å². The molecule has 100 valence electrons. The Labute approximate surface area is 111 Å². The van der Waals surface area contributed by atoms with Gasteiger partial charge in [-0.15, -0.1) is 0 Å². The molecule has 0 amide bonds. The number of nitrogens with one attached hydrogen (secondary N) is 1. The maximum absolute atomic E-state index is 11.1. The maximum atomic E-state index is 11.1. The van der Waals surface area contributed by atoms with E-state index in [0.29, 0.717) is 5.69 Å². The zero-order valence-corrected chi connectivity index (χ0v) is 10.8. The molecular weight excluding hydrogens is 242 g/mol. The highest BCUT2D eigenvalue weighted by molar-refractivity contribution is 5.99. The van der Waals surface area contributed by atoms with Crippen LogP contribution in [0.1, 0.15) is 35.7 Å². The first-order chi connectivity index (χ1) is 9.13. The number of benzene rings is 1. The predicted molar refractivity (Wildman–Crippen MR) is 74.0 cm³/mol. The van der Waals surface area contributed by atoms with Crippen molar-refractivity contribution in [2.75, 3.05) is 5.73 Å². The van der Waals surface area contributed by atoms with Crippen molar-refractivity contribution in [1.82, 2.24) is 10.2 Å². The van der Waals surface area contributed by atoms with Crippen molar-refractivity contribution >= 4 is 11.8 Å². The number of aromatic nitrogens is 2. The molecule has 0 unspecified atom stereocenters. The summed E-state index contributed by atoms with van der Waals surface area (Å²) in [5.74, 6) is -1.06. The molecule has 1 aromatic carbocycles. The second kappa shape index (κ2) is 5.56. The third-order valence-electron chi connectivity index (χ3n) is 3.07. The fraction of sp³-hybridized carbons (Fsp3) is 0.286. The number of rotatable bonds is 5. The molecule has 0 saturated carbocycles. The summed E-state index contributed by atoms with van der Waals surface area (Å²) in [5.41, 5.74) is 8.06. The van der Waals surface area contributed by atoms with Crippen LogP contribution in [0.5, 0.6) is 0 Å². The first-order valence-electron chi connectivity index (χ1n) is 6.30. The number of carboxylic acids is 1. The molecule has 5 nitrogen and oxygen atoms in total. The molecule has 19 heavy (non-hydrogen) atoms. The van der Waals surface area contributed by atoms with Crippen LogP contribution in [0.2, 0.25) is 0 Å². The lowest BCUT2D eigenvalue weighted by Crippen LogP contribution is -2.01. The Morgan fingerprint density at radius 2 is 2.05 bits per heavy atom. The number of nitrogens with two attached hydrogens (primary N) is 1. The zero-order chi connectivity index (χ0) is 13.8. The lowest BCUT2D eigenvalue weighted by Gasteiger charge is -2.03. The summed E-state index contributed by atoms with van der Waals surface area (Å²) >= 11 is 0. The molecule has 2 rings (SSSR count). The number of carboxylic acid groups (broad SMARTS) is 1. The fourth-order valence-electron chi connectivity index (χ4n) is 2.00. The molecule has 0 aliphatic heterocycles. The van der Waals surface area contributed by atoms with Gasteiger partial charge in [0, 0.05) is 5.56 Å². The second-order valence-corrected chi connectivity index (χ2v) is 4.46. The number of H-pyrrole nitrogens is 1. The van der Waals surface area contributed by atoms with Crippen molar-refractivity contribution in [3.05, 3.63) is 35.4 Å². The van der Waals surface area contributed by atoms with Crippen LogP contribution >= 0.6 is 0 Å². The van der Waals surface area contributed by atoms with Gasteiger partial charge in [0.2, 0.25) is 0 Å². The Kier molecular flexibility index (Phi) is 3.85. The summed E-state index contributed by atoms with van der Waals surface area (Å²) in [6.07, 6.45) is 3.34. The summed E-state index contributed by atoms with van der Waals surface area (Å²) < 4.78 is 0. The summed E-state index contributed by atoms with van der Waals surface area (Å²) in [4.78, 5) is 11.1. The number of hydrogen-bond donors (Lipinski definition) is 3. The van der Waals surface area contributed by atoms with Crippen LogP contribution in [-0.4, -0.2) is 21.3 Å². The van der Waals surface area contributed by atoms with Gasteiger partial charge in [0.05, 0.1) is 5.69 Å². The number of anilines is 1. The van der Waals surface area contributed by atoms with Gasteiger partial charge < -0.3 is 10.8 Å². The fourth-order valence-corrected chi connectivity index (χ4v) is 2.00. The molecule has 1 aromatic heterocycles. The molecule has 0 fully saturated rings. The molecule has 0 spiro atoms. The van der Waals surface area contributed by atoms with Crippen LogP contribution in [0.4, 0.5) is 5.82 Å². The molecule has 0 aliphatic rings. The van der Waals surface area contributed by atoms with Gasteiger partial charge in [-0.3, -0.25) is 5.10 Å². The van der Waals surface area contributed by atoms with E-state index in [2.05, 4.69) is 17.1 Å². The van der Waals surface area contributed by atoms with Crippen LogP contribution < -0.4 is 5.73 Å². The SMILES string of the molecule is CCCCc1ccc(-c2[nH]nc(N)c2C(=O)O)cc1. The topological polar surface area (TPSA) is 92.0 Å². The molecule has 5 heteroatoms. The summed E-state index contributed by atoms with van der Waals surface area (Å²) in [6, 6.07) is 7.80. The summed E-state index contributed by atoms with van der Waals surface area (Å²) in [7, 11) is 0. The smallest absolute Gasteiger partial charge is 0.341 e. The van der Waals surface area contributed by atoms with Crippen LogP contribution in [-0.2, 0) is 6.42 Å². The number of carbonyl (C=O) groups is 1. The van der Waals surface area contributed by atoms with Gasteiger partial charge in [-0.25, -0.2) is 4.79 Å². The average molecular weight is 259 g/mol. The standard InChI is InChI=1S/C14H17N3O2/c1-2-3-4-9-5-7-10(8-6-9)12-11(14(18)19)13(15)17-16-12/h5-8H,2-4H2,1H3,(H,18,19)(H3,15,16,17). The van der Waals surface area contributed by atoms with Gasteiger partial charge >= 0.3 is 5.97 Å². The number of nitrogen functional groups attached to an aromatic ring is 1. The summed E-state index contributed by atoms with van der Waals surface area (Å²) in [6.45, 7) is 2.15.